The van der Waals surface area contributed by atoms with Crippen LogP contribution in [0.5, 0.6) is 0 Å². The van der Waals surface area contributed by atoms with Crippen LogP contribution < -0.4 is 10.6 Å². The summed E-state index contributed by atoms with van der Waals surface area (Å²) >= 11 is 0. The van der Waals surface area contributed by atoms with Crippen molar-refractivity contribution in [2.45, 2.75) is 39.3 Å². The van der Waals surface area contributed by atoms with Crippen molar-refractivity contribution in [3.63, 3.8) is 0 Å². The summed E-state index contributed by atoms with van der Waals surface area (Å²) in [5, 5.41) is 6.64. The van der Waals surface area contributed by atoms with Gasteiger partial charge in [0.15, 0.2) is 5.96 Å². The summed E-state index contributed by atoms with van der Waals surface area (Å²) in [4.78, 5) is 8.72. The van der Waals surface area contributed by atoms with Crippen LogP contribution in [0.25, 0.3) is 0 Å². The summed E-state index contributed by atoms with van der Waals surface area (Å²) in [5.74, 6) is 1.77. The van der Waals surface area contributed by atoms with Crippen LogP contribution >= 0.6 is 0 Å². The van der Waals surface area contributed by atoms with Crippen molar-refractivity contribution in [2.75, 3.05) is 26.8 Å². The van der Waals surface area contributed by atoms with E-state index in [1.807, 2.05) is 18.5 Å². The smallest absolute Gasteiger partial charge is 0.191 e. The number of unbranched alkanes of at least 4 members (excludes halogenated alkanes) is 1. The summed E-state index contributed by atoms with van der Waals surface area (Å²) in [6, 6.07) is 10.4. The van der Waals surface area contributed by atoms with Crippen molar-refractivity contribution in [1.82, 2.24) is 20.2 Å². The summed E-state index contributed by atoms with van der Waals surface area (Å²) < 4.78 is 7.72. The number of benzene rings is 1. The van der Waals surface area contributed by atoms with Crippen LogP contribution in [0.15, 0.2) is 47.7 Å². The Balaban J connectivity index is 1.71. The highest BCUT2D eigenvalue weighted by Crippen LogP contribution is 2.05. The van der Waals surface area contributed by atoms with Gasteiger partial charge in [-0.05, 0) is 18.4 Å². The molecule has 0 unspecified atom stereocenters. The first-order chi connectivity index (χ1) is 12.8. The van der Waals surface area contributed by atoms with Crippen molar-refractivity contribution < 1.29 is 4.74 Å². The second-order valence-electron chi connectivity index (χ2n) is 6.13. The number of imidazole rings is 1. The van der Waals surface area contributed by atoms with E-state index < -0.39 is 0 Å². The van der Waals surface area contributed by atoms with Gasteiger partial charge in [-0.2, -0.15) is 0 Å². The Labute approximate surface area is 156 Å². The molecule has 0 amide bonds. The van der Waals surface area contributed by atoms with Gasteiger partial charge in [0, 0.05) is 45.7 Å². The first-order valence-corrected chi connectivity index (χ1v) is 9.39. The molecule has 0 atom stereocenters. The Kier molecular flexibility index (Phi) is 9.29. The van der Waals surface area contributed by atoms with Crippen LogP contribution in [0.3, 0.4) is 0 Å². The lowest BCUT2D eigenvalue weighted by Crippen LogP contribution is -2.38. The van der Waals surface area contributed by atoms with Crippen molar-refractivity contribution in [1.29, 1.82) is 0 Å². The van der Waals surface area contributed by atoms with E-state index >= 15 is 0 Å². The highest BCUT2D eigenvalue weighted by Gasteiger charge is 2.05. The zero-order valence-electron chi connectivity index (χ0n) is 15.9. The van der Waals surface area contributed by atoms with Crippen LogP contribution in [0, 0.1) is 0 Å². The standard InChI is InChI=1S/C20H31N5O/c1-3-4-14-26-15-8-11-23-20(21-2)24-16-19-22-12-13-25(19)17-18-9-6-5-7-10-18/h5-7,9-10,12-13H,3-4,8,11,14-17H2,1-2H3,(H2,21,23,24). The van der Waals surface area contributed by atoms with Gasteiger partial charge in [0.25, 0.3) is 0 Å². The molecule has 0 fully saturated rings. The molecule has 6 heteroatoms. The average Bonchev–Trinajstić information content (AvgIpc) is 3.11. The molecule has 0 spiro atoms. The van der Waals surface area contributed by atoms with E-state index in [1.54, 1.807) is 7.05 Å². The van der Waals surface area contributed by atoms with Gasteiger partial charge in [-0.25, -0.2) is 4.98 Å². The number of hydrogen-bond acceptors (Lipinski definition) is 3. The summed E-state index contributed by atoms with van der Waals surface area (Å²) in [7, 11) is 1.78. The van der Waals surface area contributed by atoms with E-state index in [2.05, 4.69) is 56.4 Å². The molecule has 2 N–H and O–H groups in total. The molecular weight excluding hydrogens is 326 g/mol. The lowest BCUT2D eigenvalue weighted by molar-refractivity contribution is 0.129. The number of guanidine groups is 1. The monoisotopic (exact) mass is 357 g/mol. The molecule has 2 aromatic rings. The summed E-state index contributed by atoms with van der Waals surface area (Å²) in [6.45, 7) is 6.10. The zero-order valence-corrected chi connectivity index (χ0v) is 15.9. The zero-order chi connectivity index (χ0) is 18.5. The Morgan fingerprint density at radius 2 is 1.96 bits per heavy atom. The van der Waals surface area contributed by atoms with Gasteiger partial charge in [0.2, 0.25) is 0 Å². The largest absolute Gasteiger partial charge is 0.381 e. The fourth-order valence-corrected chi connectivity index (χ4v) is 2.54. The maximum absolute atomic E-state index is 5.57. The van der Waals surface area contributed by atoms with E-state index in [-0.39, 0.29) is 0 Å². The Bertz CT molecular complexity index is 639. The topological polar surface area (TPSA) is 63.5 Å². The lowest BCUT2D eigenvalue weighted by Gasteiger charge is -2.13. The van der Waals surface area contributed by atoms with Crippen molar-refractivity contribution in [2.24, 2.45) is 4.99 Å². The Morgan fingerprint density at radius 1 is 1.15 bits per heavy atom. The fraction of sp³-hybridized carbons (Fsp3) is 0.500. The Morgan fingerprint density at radius 3 is 2.73 bits per heavy atom. The molecule has 0 saturated carbocycles. The third-order valence-electron chi connectivity index (χ3n) is 4.04. The average molecular weight is 358 g/mol. The number of rotatable bonds is 11. The van der Waals surface area contributed by atoms with Gasteiger partial charge in [-0.15, -0.1) is 0 Å². The number of ether oxygens (including phenoxy) is 1. The van der Waals surface area contributed by atoms with E-state index in [9.17, 15) is 0 Å². The molecule has 0 aliphatic heterocycles. The van der Waals surface area contributed by atoms with Gasteiger partial charge < -0.3 is 19.9 Å². The molecule has 1 aromatic heterocycles. The number of hydrogen-bond donors (Lipinski definition) is 2. The minimum Gasteiger partial charge on any atom is -0.381 e. The van der Waals surface area contributed by atoms with E-state index in [0.29, 0.717) is 6.54 Å². The van der Waals surface area contributed by atoms with Crippen molar-refractivity contribution >= 4 is 5.96 Å². The molecule has 0 aliphatic rings. The van der Waals surface area contributed by atoms with E-state index in [4.69, 9.17) is 4.74 Å². The molecule has 6 nitrogen and oxygen atoms in total. The number of aliphatic imine (C=N–C) groups is 1. The molecule has 0 radical (unpaired) electrons. The van der Waals surface area contributed by atoms with E-state index in [0.717, 1.165) is 50.9 Å². The lowest BCUT2D eigenvalue weighted by atomic mass is 10.2. The number of nitrogens with zero attached hydrogens (tertiary/aromatic N) is 3. The quantitative estimate of drug-likeness (QED) is 0.369. The van der Waals surface area contributed by atoms with Crippen molar-refractivity contribution in [3.05, 3.63) is 54.1 Å². The van der Waals surface area contributed by atoms with E-state index in [1.165, 1.54) is 12.0 Å². The highest BCUT2D eigenvalue weighted by atomic mass is 16.5. The summed E-state index contributed by atoms with van der Waals surface area (Å²) in [5.41, 5.74) is 1.26. The molecule has 0 aliphatic carbocycles. The van der Waals surface area contributed by atoms with Gasteiger partial charge in [-0.1, -0.05) is 43.7 Å². The van der Waals surface area contributed by atoms with Crippen molar-refractivity contribution in [3.8, 4) is 0 Å². The molecule has 0 bridgehead atoms. The molecule has 142 valence electrons. The molecule has 1 heterocycles. The predicted molar refractivity (Wildman–Crippen MR) is 106 cm³/mol. The van der Waals surface area contributed by atoms with Crippen LogP contribution in [0.2, 0.25) is 0 Å². The van der Waals surface area contributed by atoms with Gasteiger partial charge in [-0.3, -0.25) is 4.99 Å². The fourth-order valence-electron chi connectivity index (χ4n) is 2.54. The van der Waals surface area contributed by atoms with Gasteiger partial charge in [0.1, 0.15) is 5.82 Å². The van der Waals surface area contributed by atoms with Gasteiger partial charge in [0.05, 0.1) is 6.54 Å². The second-order valence-corrected chi connectivity index (χ2v) is 6.13. The predicted octanol–water partition coefficient (Wildman–Crippen LogP) is 2.80. The Hall–Kier alpha value is -2.34. The summed E-state index contributed by atoms with van der Waals surface area (Å²) in [6.07, 6.45) is 7.12. The minimum atomic E-state index is 0.631. The second kappa shape index (κ2) is 12.1. The molecule has 0 saturated heterocycles. The highest BCUT2D eigenvalue weighted by molar-refractivity contribution is 5.79. The van der Waals surface area contributed by atoms with Crippen LogP contribution in [0.1, 0.15) is 37.6 Å². The minimum absolute atomic E-state index is 0.631. The first-order valence-electron chi connectivity index (χ1n) is 9.39. The maximum Gasteiger partial charge on any atom is 0.191 e. The maximum atomic E-state index is 5.57. The van der Waals surface area contributed by atoms with Gasteiger partial charge >= 0.3 is 0 Å². The number of nitrogens with one attached hydrogen (secondary N) is 2. The van der Waals surface area contributed by atoms with Crippen LogP contribution in [-0.2, 0) is 17.8 Å². The van der Waals surface area contributed by atoms with Crippen LogP contribution in [-0.4, -0.2) is 42.3 Å². The number of aromatic nitrogens is 2. The third-order valence-corrected chi connectivity index (χ3v) is 4.04. The molecule has 26 heavy (non-hydrogen) atoms. The third kappa shape index (κ3) is 7.27. The molecule has 1 aromatic carbocycles. The SMILES string of the molecule is CCCCOCCCNC(=NC)NCc1nccn1Cc1ccccc1. The molecular formula is C20H31N5O. The van der Waals surface area contributed by atoms with Crippen LogP contribution in [0.4, 0.5) is 0 Å². The first kappa shape index (κ1) is 20.0. The molecule has 2 rings (SSSR count). The normalized spacial score (nSPS) is 11.5.